The van der Waals surface area contributed by atoms with E-state index in [1.807, 2.05) is 6.92 Å². The molecule has 0 bridgehead atoms. The van der Waals surface area contributed by atoms with Crippen LogP contribution in [-0.2, 0) is 6.54 Å². The van der Waals surface area contributed by atoms with Crippen LogP contribution < -0.4 is 10.5 Å². The number of fused-ring (bicyclic) bond motifs is 1. The van der Waals surface area contributed by atoms with Crippen LogP contribution in [0.4, 0.5) is 8.78 Å². The minimum absolute atomic E-state index is 0.0878. The van der Waals surface area contributed by atoms with E-state index in [9.17, 15) is 13.6 Å². The minimum Gasteiger partial charge on any atom is -0.496 e. The zero-order valence-electron chi connectivity index (χ0n) is 14.6. The Morgan fingerprint density at radius 2 is 2.04 bits per heavy atom. The lowest BCUT2D eigenvalue weighted by atomic mass is 10.1. The van der Waals surface area contributed by atoms with Crippen LogP contribution in [0.25, 0.3) is 28.2 Å². The quantitative estimate of drug-likeness (QED) is 0.548. The lowest BCUT2D eigenvalue weighted by Gasteiger charge is -2.12. The van der Waals surface area contributed by atoms with Gasteiger partial charge in [-0.05, 0) is 31.2 Å². The molecule has 0 aliphatic rings. The molecule has 0 amide bonds. The van der Waals surface area contributed by atoms with Gasteiger partial charge in [0.15, 0.2) is 23.0 Å². The third-order valence-corrected chi connectivity index (χ3v) is 4.39. The van der Waals surface area contributed by atoms with E-state index in [0.29, 0.717) is 23.3 Å². The van der Waals surface area contributed by atoms with Crippen molar-refractivity contribution in [2.75, 3.05) is 7.11 Å². The molecule has 6 nitrogen and oxygen atoms in total. The van der Waals surface area contributed by atoms with Gasteiger partial charge in [-0.1, -0.05) is 0 Å². The van der Waals surface area contributed by atoms with Crippen molar-refractivity contribution in [3.63, 3.8) is 0 Å². The molecule has 0 unspecified atom stereocenters. The number of oxazole rings is 1. The molecule has 2 heterocycles. The molecule has 0 spiro atoms. The first-order valence-electron chi connectivity index (χ1n) is 8.24. The molecule has 2 aromatic carbocycles. The predicted molar refractivity (Wildman–Crippen MR) is 95.2 cm³/mol. The first-order chi connectivity index (χ1) is 13.0. The molecule has 2 aromatic heterocycles. The van der Waals surface area contributed by atoms with Gasteiger partial charge >= 0.3 is 5.76 Å². The fourth-order valence-electron chi connectivity index (χ4n) is 3.11. The molecule has 0 aliphatic heterocycles. The van der Waals surface area contributed by atoms with E-state index in [2.05, 4.69) is 4.98 Å². The van der Waals surface area contributed by atoms with Crippen molar-refractivity contribution in [1.29, 1.82) is 0 Å². The molecule has 0 fully saturated rings. The lowest BCUT2D eigenvalue weighted by Crippen LogP contribution is -2.11. The Labute approximate surface area is 152 Å². The van der Waals surface area contributed by atoms with Gasteiger partial charge in [0, 0.05) is 25.0 Å². The van der Waals surface area contributed by atoms with E-state index in [-0.39, 0.29) is 17.1 Å². The number of rotatable bonds is 4. The minimum atomic E-state index is -1.05. The predicted octanol–water partition coefficient (Wildman–Crippen LogP) is 3.75. The summed E-state index contributed by atoms with van der Waals surface area (Å²) in [5, 5.41) is 0. The monoisotopic (exact) mass is 371 g/mol. The van der Waals surface area contributed by atoms with Crippen molar-refractivity contribution >= 4 is 11.1 Å². The Bertz CT molecular complexity index is 1210. The van der Waals surface area contributed by atoms with Crippen molar-refractivity contribution in [3.05, 3.63) is 64.9 Å². The highest BCUT2D eigenvalue weighted by atomic mass is 19.2. The molecule has 4 aromatic rings. The van der Waals surface area contributed by atoms with Gasteiger partial charge in [0.05, 0.1) is 23.9 Å². The van der Waals surface area contributed by atoms with E-state index >= 15 is 0 Å². The van der Waals surface area contributed by atoms with E-state index in [4.69, 9.17) is 9.15 Å². The van der Waals surface area contributed by atoms with Crippen LogP contribution in [0.1, 0.15) is 6.92 Å². The van der Waals surface area contributed by atoms with Crippen molar-refractivity contribution in [2.24, 2.45) is 0 Å². The molecule has 0 atom stereocenters. The van der Waals surface area contributed by atoms with Gasteiger partial charge in [-0.25, -0.2) is 18.6 Å². The average molecular weight is 371 g/mol. The van der Waals surface area contributed by atoms with Crippen molar-refractivity contribution in [2.45, 2.75) is 13.5 Å². The van der Waals surface area contributed by atoms with E-state index < -0.39 is 17.4 Å². The van der Waals surface area contributed by atoms with E-state index in [1.54, 1.807) is 29.0 Å². The number of halogens is 2. The number of hydrogen-bond donors (Lipinski definition) is 0. The summed E-state index contributed by atoms with van der Waals surface area (Å²) < 4.78 is 41.8. The maximum Gasteiger partial charge on any atom is 0.419 e. The topological polar surface area (TPSA) is 62.2 Å². The van der Waals surface area contributed by atoms with Crippen LogP contribution in [0.15, 0.2) is 51.9 Å². The molecular weight excluding hydrogens is 356 g/mol. The number of ether oxygens (including phenoxy) is 1. The summed E-state index contributed by atoms with van der Waals surface area (Å²) in [4.78, 5) is 16.1. The van der Waals surface area contributed by atoms with Gasteiger partial charge in [-0.15, -0.1) is 0 Å². The summed E-state index contributed by atoms with van der Waals surface area (Å²) in [5.41, 5.74) is 1.54. The van der Waals surface area contributed by atoms with Crippen molar-refractivity contribution < 1.29 is 17.9 Å². The Kier molecular flexibility index (Phi) is 4.02. The summed E-state index contributed by atoms with van der Waals surface area (Å²) in [6, 6.07) is 7.48. The second-order valence-corrected chi connectivity index (χ2v) is 5.82. The Hall–Kier alpha value is -3.42. The second-order valence-electron chi connectivity index (χ2n) is 5.82. The number of methoxy groups -OCH3 is 1. The first-order valence-corrected chi connectivity index (χ1v) is 8.24. The summed E-state index contributed by atoms with van der Waals surface area (Å²) in [5.74, 6) is -2.17. The fraction of sp³-hybridized carbons (Fsp3) is 0.158. The van der Waals surface area contributed by atoms with Crippen LogP contribution in [0.5, 0.6) is 5.75 Å². The van der Waals surface area contributed by atoms with Gasteiger partial charge in [-0.3, -0.25) is 9.13 Å². The fourth-order valence-corrected chi connectivity index (χ4v) is 3.11. The first kappa shape index (κ1) is 17.0. The van der Waals surface area contributed by atoms with E-state index in [1.165, 1.54) is 23.9 Å². The number of benzene rings is 2. The van der Waals surface area contributed by atoms with Crippen LogP contribution in [0.2, 0.25) is 0 Å². The van der Waals surface area contributed by atoms with Gasteiger partial charge in [0.25, 0.3) is 0 Å². The largest absolute Gasteiger partial charge is 0.496 e. The normalized spacial score (nSPS) is 11.3. The van der Waals surface area contributed by atoms with Crippen molar-refractivity contribution in [3.8, 4) is 22.8 Å². The highest BCUT2D eigenvalue weighted by Crippen LogP contribution is 2.34. The molecule has 0 saturated carbocycles. The molecule has 4 rings (SSSR count). The SMILES string of the molecule is CCn1c(=O)oc2cc(-n3ccnc3-c3c(OC)ccc(F)c3F)ccc21. The zero-order chi connectivity index (χ0) is 19.1. The van der Waals surface area contributed by atoms with Gasteiger partial charge in [-0.2, -0.15) is 0 Å². The maximum atomic E-state index is 14.5. The van der Waals surface area contributed by atoms with Gasteiger partial charge in [0.1, 0.15) is 5.75 Å². The van der Waals surface area contributed by atoms with Gasteiger partial charge < -0.3 is 9.15 Å². The lowest BCUT2D eigenvalue weighted by molar-refractivity contribution is 0.408. The van der Waals surface area contributed by atoms with Crippen LogP contribution in [-0.4, -0.2) is 21.2 Å². The average Bonchev–Trinajstić information content (AvgIpc) is 3.26. The highest BCUT2D eigenvalue weighted by Gasteiger charge is 2.21. The number of hydrogen-bond acceptors (Lipinski definition) is 4. The van der Waals surface area contributed by atoms with E-state index in [0.717, 1.165) is 6.07 Å². The molecule has 8 heteroatoms. The molecule has 27 heavy (non-hydrogen) atoms. The molecule has 138 valence electrons. The highest BCUT2D eigenvalue weighted by molar-refractivity contribution is 5.76. The van der Waals surface area contributed by atoms with Crippen LogP contribution in [0.3, 0.4) is 0 Å². The van der Waals surface area contributed by atoms with Crippen LogP contribution in [0, 0.1) is 11.6 Å². The Balaban J connectivity index is 1.92. The standard InChI is InChI=1S/C19H15F2N3O3/c1-3-23-13-6-4-11(10-15(13)27-19(23)25)24-9-8-22-18(24)16-14(26-2)7-5-12(20)17(16)21/h4-10H,3H2,1-2H3. The van der Waals surface area contributed by atoms with Crippen LogP contribution >= 0.6 is 0 Å². The molecule has 0 N–H and O–H groups in total. The molecule has 0 saturated heterocycles. The molecular formula is C19H15F2N3O3. The summed E-state index contributed by atoms with van der Waals surface area (Å²) >= 11 is 0. The summed E-state index contributed by atoms with van der Waals surface area (Å²) in [6.07, 6.45) is 3.08. The molecule has 0 radical (unpaired) electrons. The molecule has 0 aliphatic carbocycles. The second kappa shape index (κ2) is 6.39. The smallest absolute Gasteiger partial charge is 0.419 e. The van der Waals surface area contributed by atoms with Gasteiger partial charge in [0.2, 0.25) is 0 Å². The number of nitrogens with zero attached hydrogens (tertiary/aromatic N) is 3. The number of aromatic nitrogens is 3. The zero-order valence-corrected chi connectivity index (χ0v) is 14.6. The summed E-state index contributed by atoms with van der Waals surface area (Å²) in [7, 11) is 1.37. The summed E-state index contributed by atoms with van der Waals surface area (Å²) in [6.45, 7) is 2.32. The van der Waals surface area contributed by atoms with Crippen molar-refractivity contribution in [1.82, 2.24) is 14.1 Å². The number of imidazole rings is 1. The third-order valence-electron chi connectivity index (χ3n) is 4.39. The Morgan fingerprint density at radius 3 is 2.78 bits per heavy atom. The number of aryl methyl sites for hydroxylation is 1. The maximum absolute atomic E-state index is 14.5. The Morgan fingerprint density at radius 1 is 1.22 bits per heavy atom. The third kappa shape index (κ3) is 2.61.